The molecule has 2 nitrogen and oxygen atoms in total. The Morgan fingerprint density at radius 3 is 2.85 bits per heavy atom. The summed E-state index contributed by atoms with van der Waals surface area (Å²) in [4.78, 5) is 0. The zero-order chi connectivity index (χ0) is 9.52. The van der Waals surface area contributed by atoms with Crippen molar-refractivity contribution < 1.29 is 0 Å². The average molecular weight is 184 g/mol. The van der Waals surface area contributed by atoms with E-state index in [4.69, 9.17) is 5.73 Å². The summed E-state index contributed by atoms with van der Waals surface area (Å²) in [6.07, 6.45) is 8.07. The number of rotatable bonds is 8. The zero-order valence-electron chi connectivity index (χ0n) is 8.89. The molecule has 1 rings (SSSR count). The molecular formula is C11H24N2. The van der Waals surface area contributed by atoms with Gasteiger partial charge in [-0.05, 0) is 31.7 Å². The fourth-order valence-corrected chi connectivity index (χ4v) is 1.68. The van der Waals surface area contributed by atoms with E-state index in [0.29, 0.717) is 6.04 Å². The first-order valence-electron chi connectivity index (χ1n) is 5.79. The Labute approximate surface area is 82.3 Å². The van der Waals surface area contributed by atoms with Gasteiger partial charge >= 0.3 is 0 Å². The first-order valence-corrected chi connectivity index (χ1v) is 5.79. The second-order valence-electron chi connectivity index (χ2n) is 4.34. The van der Waals surface area contributed by atoms with Gasteiger partial charge in [-0.15, -0.1) is 0 Å². The van der Waals surface area contributed by atoms with E-state index in [9.17, 15) is 0 Å². The third-order valence-corrected chi connectivity index (χ3v) is 2.73. The smallest absolute Gasteiger partial charge is 0.0165 e. The Hall–Kier alpha value is -0.0800. The normalized spacial score (nSPS) is 18.9. The molecular weight excluding hydrogens is 160 g/mol. The molecule has 2 heteroatoms. The van der Waals surface area contributed by atoms with Crippen molar-refractivity contribution >= 4 is 0 Å². The molecule has 0 radical (unpaired) electrons. The van der Waals surface area contributed by atoms with Gasteiger partial charge in [0.15, 0.2) is 0 Å². The van der Waals surface area contributed by atoms with Crippen LogP contribution in [0.1, 0.15) is 45.4 Å². The van der Waals surface area contributed by atoms with Crippen molar-refractivity contribution in [3.8, 4) is 0 Å². The zero-order valence-corrected chi connectivity index (χ0v) is 8.89. The lowest BCUT2D eigenvalue weighted by Gasteiger charge is -2.10. The molecule has 0 aromatic carbocycles. The highest BCUT2D eigenvalue weighted by Gasteiger charge is 2.19. The van der Waals surface area contributed by atoms with E-state index in [1.54, 1.807) is 0 Å². The van der Waals surface area contributed by atoms with Gasteiger partial charge in [-0.1, -0.05) is 26.2 Å². The summed E-state index contributed by atoms with van der Waals surface area (Å²) in [5, 5.41) is 3.43. The van der Waals surface area contributed by atoms with E-state index in [2.05, 4.69) is 12.2 Å². The second-order valence-corrected chi connectivity index (χ2v) is 4.34. The minimum Gasteiger partial charge on any atom is -0.327 e. The molecule has 0 heterocycles. The molecule has 0 aromatic rings. The standard InChI is InChI=1S/C11H24N2/c1-2-4-11(12)9-13-8-3-5-10-6-7-10/h10-11,13H,2-9,12H2,1H3. The molecule has 0 aliphatic heterocycles. The van der Waals surface area contributed by atoms with Gasteiger partial charge in [0.05, 0.1) is 0 Å². The van der Waals surface area contributed by atoms with Gasteiger partial charge in [-0.2, -0.15) is 0 Å². The Morgan fingerprint density at radius 1 is 1.46 bits per heavy atom. The van der Waals surface area contributed by atoms with Crippen molar-refractivity contribution in [1.82, 2.24) is 5.32 Å². The van der Waals surface area contributed by atoms with E-state index in [-0.39, 0.29) is 0 Å². The number of hydrogen-bond donors (Lipinski definition) is 2. The van der Waals surface area contributed by atoms with E-state index in [1.165, 1.54) is 32.1 Å². The quantitative estimate of drug-likeness (QED) is 0.565. The van der Waals surface area contributed by atoms with Gasteiger partial charge < -0.3 is 11.1 Å². The van der Waals surface area contributed by atoms with E-state index in [0.717, 1.165) is 25.4 Å². The third kappa shape index (κ3) is 6.05. The number of hydrogen-bond acceptors (Lipinski definition) is 2. The van der Waals surface area contributed by atoms with Gasteiger partial charge in [0, 0.05) is 12.6 Å². The molecule has 1 aliphatic rings. The molecule has 1 atom stereocenters. The van der Waals surface area contributed by atoms with Crippen LogP contribution in [-0.2, 0) is 0 Å². The molecule has 1 aliphatic carbocycles. The molecule has 1 unspecified atom stereocenters. The summed E-state index contributed by atoms with van der Waals surface area (Å²) in [7, 11) is 0. The summed E-state index contributed by atoms with van der Waals surface area (Å²) >= 11 is 0. The van der Waals surface area contributed by atoms with Crippen LogP contribution >= 0.6 is 0 Å². The van der Waals surface area contributed by atoms with Crippen molar-refractivity contribution in [2.75, 3.05) is 13.1 Å². The summed E-state index contributed by atoms with van der Waals surface area (Å²) in [5.74, 6) is 1.08. The SMILES string of the molecule is CCCC(N)CNCCCC1CC1. The summed E-state index contributed by atoms with van der Waals surface area (Å²) in [5.41, 5.74) is 5.88. The second kappa shape index (κ2) is 6.39. The summed E-state index contributed by atoms with van der Waals surface area (Å²) < 4.78 is 0. The van der Waals surface area contributed by atoms with Crippen molar-refractivity contribution in [3.05, 3.63) is 0 Å². The maximum absolute atomic E-state index is 5.88. The van der Waals surface area contributed by atoms with E-state index < -0.39 is 0 Å². The average Bonchev–Trinajstić information content (AvgIpc) is 2.88. The molecule has 13 heavy (non-hydrogen) atoms. The maximum Gasteiger partial charge on any atom is 0.0165 e. The van der Waals surface area contributed by atoms with Crippen LogP contribution in [0.4, 0.5) is 0 Å². The van der Waals surface area contributed by atoms with E-state index >= 15 is 0 Å². The summed E-state index contributed by atoms with van der Waals surface area (Å²) in [6.45, 7) is 4.35. The van der Waals surface area contributed by atoms with Crippen molar-refractivity contribution in [2.45, 2.75) is 51.5 Å². The van der Waals surface area contributed by atoms with Crippen LogP contribution in [0.2, 0.25) is 0 Å². The van der Waals surface area contributed by atoms with Crippen LogP contribution in [-0.4, -0.2) is 19.1 Å². The third-order valence-electron chi connectivity index (χ3n) is 2.73. The predicted molar refractivity (Wildman–Crippen MR) is 57.7 cm³/mol. The Morgan fingerprint density at radius 2 is 2.23 bits per heavy atom. The highest BCUT2D eigenvalue weighted by atomic mass is 14.9. The fourth-order valence-electron chi connectivity index (χ4n) is 1.68. The highest BCUT2D eigenvalue weighted by Crippen LogP contribution is 2.33. The van der Waals surface area contributed by atoms with Crippen LogP contribution in [0.15, 0.2) is 0 Å². The molecule has 0 aromatic heterocycles. The number of nitrogens with two attached hydrogens (primary N) is 1. The monoisotopic (exact) mass is 184 g/mol. The van der Waals surface area contributed by atoms with E-state index in [1.807, 2.05) is 0 Å². The largest absolute Gasteiger partial charge is 0.327 e. The molecule has 1 saturated carbocycles. The Kier molecular flexibility index (Phi) is 5.40. The fraction of sp³-hybridized carbons (Fsp3) is 1.00. The minimum atomic E-state index is 0.367. The molecule has 1 fully saturated rings. The molecule has 0 bridgehead atoms. The first-order chi connectivity index (χ1) is 6.33. The van der Waals surface area contributed by atoms with Crippen LogP contribution in [0, 0.1) is 5.92 Å². The molecule has 0 amide bonds. The Balaban J connectivity index is 1.76. The minimum absolute atomic E-state index is 0.367. The predicted octanol–water partition coefficient (Wildman–Crippen LogP) is 1.89. The van der Waals surface area contributed by atoms with Gasteiger partial charge in [-0.3, -0.25) is 0 Å². The Bertz CT molecular complexity index is 121. The van der Waals surface area contributed by atoms with Crippen LogP contribution in [0.25, 0.3) is 0 Å². The lowest BCUT2D eigenvalue weighted by atomic mass is 10.2. The lowest BCUT2D eigenvalue weighted by molar-refractivity contribution is 0.520. The van der Waals surface area contributed by atoms with Crippen molar-refractivity contribution in [1.29, 1.82) is 0 Å². The molecule has 0 saturated heterocycles. The van der Waals surface area contributed by atoms with Gasteiger partial charge in [0.25, 0.3) is 0 Å². The van der Waals surface area contributed by atoms with Crippen molar-refractivity contribution in [3.63, 3.8) is 0 Å². The number of nitrogens with one attached hydrogen (secondary N) is 1. The van der Waals surface area contributed by atoms with Gasteiger partial charge in [-0.25, -0.2) is 0 Å². The molecule has 0 spiro atoms. The van der Waals surface area contributed by atoms with Crippen LogP contribution in [0.3, 0.4) is 0 Å². The van der Waals surface area contributed by atoms with Crippen molar-refractivity contribution in [2.24, 2.45) is 11.7 Å². The molecule has 3 N–H and O–H groups in total. The first kappa shape index (κ1) is 11.0. The van der Waals surface area contributed by atoms with Gasteiger partial charge in [0.1, 0.15) is 0 Å². The highest BCUT2D eigenvalue weighted by molar-refractivity contribution is 4.73. The lowest BCUT2D eigenvalue weighted by Crippen LogP contribution is -2.34. The summed E-state index contributed by atoms with van der Waals surface area (Å²) in [6, 6.07) is 0.367. The molecule has 78 valence electrons. The van der Waals surface area contributed by atoms with Crippen LogP contribution in [0.5, 0.6) is 0 Å². The van der Waals surface area contributed by atoms with Gasteiger partial charge in [0.2, 0.25) is 0 Å². The maximum atomic E-state index is 5.88. The topological polar surface area (TPSA) is 38.0 Å². The van der Waals surface area contributed by atoms with Crippen LogP contribution < -0.4 is 11.1 Å².